The second kappa shape index (κ2) is 55.0. The summed E-state index contributed by atoms with van der Waals surface area (Å²) in [7, 11) is 0. The molecule has 9 heteroatoms. The third kappa shape index (κ3) is 44.2. The molecule has 1 amide bonds. The van der Waals surface area contributed by atoms with Crippen LogP contribution in [-0.4, -0.2) is 87.5 Å². The first-order chi connectivity index (χ1) is 36.8. The van der Waals surface area contributed by atoms with Gasteiger partial charge in [-0.15, -0.1) is 0 Å². The van der Waals surface area contributed by atoms with E-state index in [4.69, 9.17) is 9.47 Å². The number of aliphatic hydroxyl groups is 5. The Hall–Kier alpha value is -2.37. The van der Waals surface area contributed by atoms with E-state index in [0.717, 1.165) is 64.2 Å². The lowest BCUT2D eigenvalue weighted by Crippen LogP contribution is -2.60. The van der Waals surface area contributed by atoms with E-state index in [2.05, 4.69) is 79.9 Å². The Kier molecular flexibility index (Phi) is 51.8. The predicted molar refractivity (Wildman–Crippen MR) is 318 cm³/mol. The molecule has 0 radical (unpaired) electrons. The summed E-state index contributed by atoms with van der Waals surface area (Å²) in [5.41, 5.74) is 0. The summed E-state index contributed by atoms with van der Waals surface area (Å²) in [6.45, 7) is 3.65. The summed E-state index contributed by atoms with van der Waals surface area (Å²) in [4.78, 5) is 13.0. The van der Waals surface area contributed by atoms with Gasteiger partial charge in [0, 0.05) is 6.42 Å². The molecule has 1 aliphatic heterocycles. The summed E-state index contributed by atoms with van der Waals surface area (Å²) >= 11 is 0. The fourth-order valence-electron chi connectivity index (χ4n) is 9.81. The van der Waals surface area contributed by atoms with E-state index in [1.54, 1.807) is 6.08 Å². The number of ether oxygens (including phenoxy) is 2. The van der Waals surface area contributed by atoms with Gasteiger partial charge in [0.25, 0.3) is 0 Å². The molecular formula is C66H119NO8. The van der Waals surface area contributed by atoms with Gasteiger partial charge < -0.3 is 40.3 Å². The van der Waals surface area contributed by atoms with Gasteiger partial charge in [-0.1, -0.05) is 279 Å². The maximum absolute atomic E-state index is 13.0. The number of rotatable bonds is 54. The van der Waals surface area contributed by atoms with Crippen LogP contribution in [-0.2, 0) is 14.3 Å². The van der Waals surface area contributed by atoms with Crippen LogP contribution in [0, 0.1) is 0 Å². The molecule has 0 aromatic carbocycles. The number of carbonyl (C=O) groups is 1. The van der Waals surface area contributed by atoms with E-state index in [-0.39, 0.29) is 12.5 Å². The Morgan fingerprint density at radius 3 is 1.28 bits per heavy atom. The van der Waals surface area contributed by atoms with Crippen molar-refractivity contribution in [1.29, 1.82) is 0 Å². The summed E-state index contributed by atoms with van der Waals surface area (Å²) in [6, 6.07) is -0.821. The third-order valence-corrected chi connectivity index (χ3v) is 14.8. The molecule has 1 fully saturated rings. The largest absolute Gasteiger partial charge is 0.394 e. The molecule has 436 valence electrons. The third-order valence-electron chi connectivity index (χ3n) is 14.8. The lowest BCUT2D eigenvalue weighted by Gasteiger charge is -2.40. The highest BCUT2D eigenvalue weighted by molar-refractivity contribution is 5.76. The van der Waals surface area contributed by atoms with Crippen molar-refractivity contribution >= 4 is 5.91 Å². The van der Waals surface area contributed by atoms with E-state index in [0.29, 0.717) is 6.42 Å². The van der Waals surface area contributed by atoms with Crippen molar-refractivity contribution in [3.63, 3.8) is 0 Å². The zero-order chi connectivity index (χ0) is 54.3. The molecule has 0 aromatic rings. The Morgan fingerprint density at radius 2 is 0.840 bits per heavy atom. The standard InChI is InChI=1S/C66H119NO8/c1-3-5-7-9-11-13-15-17-18-19-20-21-22-23-24-25-26-27-28-29-30-31-32-33-34-35-36-37-38-39-40-41-42-44-46-48-50-52-54-56-62(70)67-59(58-74-66-65(73)64(72)63(71)61(57-68)75-66)60(69)55-53-51-49-47-45-43-16-14-12-10-8-6-4-2/h5,7,11,13,17-18,20-21,45,47,53,55,59-61,63-66,68-69,71-73H,3-4,6,8-10,12,14-16,19,22-44,46,48-52,54,56-58H2,1-2H3,(H,67,70)/b7-5-,13-11-,18-17-,21-20-,47-45+,55-53+. The van der Waals surface area contributed by atoms with Crippen LogP contribution in [0.25, 0.3) is 0 Å². The summed E-state index contributed by atoms with van der Waals surface area (Å²) in [6.07, 6.45) is 70.2. The van der Waals surface area contributed by atoms with Gasteiger partial charge in [-0.2, -0.15) is 0 Å². The number of carbonyl (C=O) groups excluding carboxylic acids is 1. The van der Waals surface area contributed by atoms with E-state index >= 15 is 0 Å². The van der Waals surface area contributed by atoms with Crippen molar-refractivity contribution in [2.24, 2.45) is 0 Å². The first kappa shape index (κ1) is 70.6. The minimum absolute atomic E-state index is 0.184. The van der Waals surface area contributed by atoms with Crippen molar-refractivity contribution in [2.75, 3.05) is 13.2 Å². The first-order valence-corrected chi connectivity index (χ1v) is 31.7. The van der Waals surface area contributed by atoms with Crippen LogP contribution in [0.3, 0.4) is 0 Å². The summed E-state index contributed by atoms with van der Waals surface area (Å²) in [5.74, 6) is -0.184. The molecule has 1 saturated heterocycles. The van der Waals surface area contributed by atoms with E-state index in [1.807, 2.05) is 6.08 Å². The van der Waals surface area contributed by atoms with Crippen LogP contribution >= 0.6 is 0 Å². The molecule has 9 nitrogen and oxygen atoms in total. The fraction of sp³-hybridized carbons (Fsp3) is 0.803. The maximum Gasteiger partial charge on any atom is 0.220 e. The van der Waals surface area contributed by atoms with Gasteiger partial charge in [0.1, 0.15) is 24.4 Å². The van der Waals surface area contributed by atoms with Crippen LogP contribution < -0.4 is 5.32 Å². The molecule has 0 aromatic heterocycles. The van der Waals surface area contributed by atoms with Gasteiger partial charge in [0.05, 0.1) is 25.4 Å². The molecule has 7 unspecified atom stereocenters. The lowest BCUT2D eigenvalue weighted by molar-refractivity contribution is -0.302. The van der Waals surface area contributed by atoms with Gasteiger partial charge >= 0.3 is 0 Å². The molecule has 1 heterocycles. The average molecular weight is 1050 g/mol. The number of hydrogen-bond donors (Lipinski definition) is 6. The Bertz CT molecular complexity index is 1410. The Labute approximate surface area is 461 Å². The van der Waals surface area contributed by atoms with Gasteiger partial charge in [-0.25, -0.2) is 0 Å². The maximum atomic E-state index is 13.0. The van der Waals surface area contributed by atoms with Crippen molar-refractivity contribution in [3.05, 3.63) is 72.9 Å². The number of amides is 1. The monoisotopic (exact) mass is 1050 g/mol. The number of hydrogen-bond acceptors (Lipinski definition) is 8. The van der Waals surface area contributed by atoms with Crippen molar-refractivity contribution in [3.8, 4) is 0 Å². The quantitative estimate of drug-likeness (QED) is 0.0261. The Balaban J connectivity index is 2.04. The molecule has 75 heavy (non-hydrogen) atoms. The highest BCUT2D eigenvalue weighted by Crippen LogP contribution is 2.23. The van der Waals surface area contributed by atoms with E-state index < -0.39 is 49.5 Å². The van der Waals surface area contributed by atoms with Crippen molar-refractivity contribution in [2.45, 2.75) is 326 Å². The highest BCUT2D eigenvalue weighted by Gasteiger charge is 2.44. The van der Waals surface area contributed by atoms with Crippen molar-refractivity contribution < 1.29 is 39.8 Å². The summed E-state index contributed by atoms with van der Waals surface area (Å²) < 4.78 is 11.2. The topological polar surface area (TPSA) is 149 Å². The first-order valence-electron chi connectivity index (χ1n) is 31.7. The van der Waals surface area contributed by atoms with Gasteiger partial charge in [-0.05, 0) is 70.6 Å². The van der Waals surface area contributed by atoms with Gasteiger partial charge in [0.15, 0.2) is 6.29 Å². The van der Waals surface area contributed by atoms with E-state index in [1.165, 1.54) is 199 Å². The van der Waals surface area contributed by atoms with Crippen LogP contribution in [0.4, 0.5) is 0 Å². The zero-order valence-corrected chi connectivity index (χ0v) is 48.5. The molecule has 7 atom stereocenters. The number of nitrogens with one attached hydrogen (secondary N) is 1. The average Bonchev–Trinajstić information content (AvgIpc) is 3.41. The minimum Gasteiger partial charge on any atom is -0.394 e. The normalized spacial score (nSPS) is 19.4. The van der Waals surface area contributed by atoms with Crippen LogP contribution in [0.5, 0.6) is 0 Å². The van der Waals surface area contributed by atoms with Crippen LogP contribution in [0.1, 0.15) is 284 Å². The highest BCUT2D eigenvalue weighted by atomic mass is 16.7. The fourth-order valence-corrected chi connectivity index (χ4v) is 9.81. The second-order valence-corrected chi connectivity index (χ2v) is 21.8. The zero-order valence-electron chi connectivity index (χ0n) is 48.5. The molecule has 0 saturated carbocycles. The molecular weight excluding hydrogens is 935 g/mol. The van der Waals surface area contributed by atoms with Gasteiger partial charge in [0.2, 0.25) is 5.91 Å². The van der Waals surface area contributed by atoms with Crippen LogP contribution in [0.15, 0.2) is 72.9 Å². The predicted octanol–water partition coefficient (Wildman–Crippen LogP) is 16.4. The Morgan fingerprint density at radius 1 is 0.467 bits per heavy atom. The molecule has 0 bridgehead atoms. The summed E-state index contributed by atoms with van der Waals surface area (Å²) in [5, 5.41) is 54.4. The second-order valence-electron chi connectivity index (χ2n) is 21.8. The number of unbranched alkanes of at least 4 members (excludes halogenated alkanes) is 34. The molecule has 6 N–H and O–H groups in total. The lowest BCUT2D eigenvalue weighted by atomic mass is 9.99. The molecule has 1 rings (SSSR count). The minimum atomic E-state index is -1.57. The molecule has 0 aliphatic carbocycles. The van der Waals surface area contributed by atoms with Gasteiger partial charge in [-0.3, -0.25) is 4.79 Å². The molecule has 1 aliphatic rings. The number of aliphatic hydroxyl groups excluding tert-OH is 5. The number of allylic oxidation sites excluding steroid dienone is 11. The smallest absolute Gasteiger partial charge is 0.220 e. The van der Waals surface area contributed by atoms with E-state index in [9.17, 15) is 30.3 Å². The molecule has 0 spiro atoms. The van der Waals surface area contributed by atoms with Crippen LogP contribution in [0.2, 0.25) is 0 Å². The van der Waals surface area contributed by atoms with Crippen molar-refractivity contribution in [1.82, 2.24) is 5.32 Å². The SMILES string of the molecule is CC/C=C\C/C=C\C/C=C\C/C=C\CCCCCCCCCCCCCCCCCCCCCCCCCCCCC(=O)NC(COC1OC(CO)C(O)C(O)C1O)C(O)/C=C/CC/C=C/CCCCCCCCC.